The lowest BCUT2D eigenvalue weighted by Crippen LogP contribution is -2.48. The molecule has 0 radical (unpaired) electrons. The highest BCUT2D eigenvalue weighted by atomic mass is 127. The fraction of sp³-hybridized carbons (Fsp3) is 0.750. The van der Waals surface area contributed by atoms with Crippen molar-refractivity contribution in [3.05, 3.63) is 12.2 Å². The van der Waals surface area contributed by atoms with E-state index in [0.29, 0.717) is 12.5 Å². The molecule has 1 aliphatic rings. The third kappa shape index (κ3) is 5.36. The summed E-state index contributed by atoms with van der Waals surface area (Å²) in [6.45, 7) is 7.25. The van der Waals surface area contributed by atoms with Crippen molar-refractivity contribution in [2.75, 3.05) is 38.7 Å². The number of thioether (sulfide) groups is 1. The molecule has 1 unspecified atom stereocenters. The van der Waals surface area contributed by atoms with E-state index in [1.54, 1.807) is 0 Å². The maximum absolute atomic E-state index is 5.83. The van der Waals surface area contributed by atoms with Crippen LogP contribution < -0.4 is 11.1 Å². The van der Waals surface area contributed by atoms with Crippen LogP contribution in [0, 0.1) is 0 Å². The number of nitrogens with one attached hydrogen (secondary N) is 1. The topological polar surface area (TPSA) is 53.6 Å². The van der Waals surface area contributed by atoms with Crippen LogP contribution in [0.1, 0.15) is 13.3 Å². The van der Waals surface area contributed by atoms with Gasteiger partial charge >= 0.3 is 0 Å². The summed E-state index contributed by atoms with van der Waals surface area (Å²) in [5.74, 6) is 2.87. The Morgan fingerprint density at radius 3 is 2.67 bits per heavy atom. The maximum Gasteiger partial charge on any atom is 0.188 e. The van der Waals surface area contributed by atoms with Crippen molar-refractivity contribution < 1.29 is 0 Å². The van der Waals surface area contributed by atoms with Gasteiger partial charge in [-0.3, -0.25) is 4.99 Å². The lowest BCUT2D eigenvalue weighted by atomic mass is 9.98. The van der Waals surface area contributed by atoms with Crippen LogP contribution in [0.4, 0.5) is 0 Å². The highest BCUT2D eigenvalue weighted by Crippen LogP contribution is 2.32. The standard InChI is InChI=1S/C12H24N4S.HI/c1-10(2)7-14-11(13)15-8-12(16(3)4)5-6-17-9-12;/h1,5-9H2,2-4H3,(H3,13,14,15);1H. The van der Waals surface area contributed by atoms with Crippen molar-refractivity contribution in [1.82, 2.24) is 10.2 Å². The summed E-state index contributed by atoms with van der Waals surface area (Å²) in [5, 5.41) is 3.07. The molecule has 0 aromatic heterocycles. The quantitative estimate of drug-likeness (QED) is 0.327. The lowest BCUT2D eigenvalue weighted by Gasteiger charge is -2.34. The van der Waals surface area contributed by atoms with Crippen molar-refractivity contribution in [1.29, 1.82) is 0 Å². The second-order valence-corrected chi connectivity index (χ2v) is 6.04. The molecule has 1 saturated heterocycles. The number of nitrogens with two attached hydrogens (primary N) is 1. The van der Waals surface area contributed by atoms with E-state index in [9.17, 15) is 0 Å². The first-order chi connectivity index (χ1) is 7.96. The monoisotopic (exact) mass is 384 g/mol. The molecule has 1 aliphatic heterocycles. The average molecular weight is 384 g/mol. The van der Waals surface area contributed by atoms with E-state index in [1.807, 2.05) is 18.7 Å². The SMILES string of the molecule is C=C(C)CNC(N)=NCC1(N(C)C)CCSC1.I. The Labute approximate surface area is 132 Å². The van der Waals surface area contributed by atoms with Crippen LogP contribution in [-0.2, 0) is 0 Å². The third-order valence-electron chi connectivity index (χ3n) is 3.15. The molecule has 106 valence electrons. The Hall–Kier alpha value is 0.0500. The number of halogens is 1. The van der Waals surface area contributed by atoms with Gasteiger partial charge in [0.25, 0.3) is 0 Å². The van der Waals surface area contributed by atoms with E-state index < -0.39 is 0 Å². The van der Waals surface area contributed by atoms with E-state index in [0.717, 1.165) is 17.9 Å². The van der Waals surface area contributed by atoms with E-state index in [1.165, 1.54) is 12.2 Å². The summed E-state index contributed by atoms with van der Waals surface area (Å²) in [6.07, 6.45) is 1.18. The highest BCUT2D eigenvalue weighted by Gasteiger charge is 2.36. The van der Waals surface area contributed by atoms with Crippen molar-refractivity contribution >= 4 is 41.7 Å². The van der Waals surface area contributed by atoms with Crippen LogP contribution >= 0.6 is 35.7 Å². The molecule has 18 heavy (non-hydrogen) atoms. The first-order valence-electron chi connectivity index (χ1n) is 5.90. The summed E-state index contributed by atoms with van der Waals surface area (Å²) in [7, 11) is 4.25. The van der Waals surface area contributed by atoms with Gasteiger partial charge in [0.15, 0.2) is 5.96 Å². The van der Waals surface area contributed by atoms with E-state index >= 15 is 0 Å². The van der Waals surface area contributed by atoms with Crippen molar-refractivity contribution in [3.8, 4) is 0 Å². The van der Waals surface area contributed by atoms with Crippen molar-refractivity contribution in [2.45, 2.75) is 18.9 Å². The molecule has 0 spiro atoms. The molecule has 6 heteroatoms. The first-order valence-corrected chi connectivity index (χ1v) is 7.05. The van der Waals surface area contributed by atoms with Gasteiger partial charge in [0.05, 0.1) is 6.54 Å². The molecule has 0 saturated carbocycles. The summed E-state index contributed by atoms with van der Waals surface area (Å²) in [6, 6.07) is 0. The first kappa shape index (κ1) is 18.0. The minimum Gasteiger partial charge on any atom is -0.370 e. The summed E-state index contributed by atoms with van der Waals surface area (Å²) >= 11 is 1.99. The summed E-state index contributed by atoms with van der Waals surface area (Å²) in [4.78, 5) is 6.74. The van der Waals surface area contributed by atoms with Crippen LogP contribution in [-0.4, -0.2) is 55.1 Å². The molecule has 0 bridgehead atoms. The molecule has 0 amide bonds. The average Bonchev–Trinajstić information content (AvgIpc) is 2.73. The predicted molar refractivity (Wildman–Crippen MR) is 93.1 cm³/mol. The molecule has 1 fully saturated rings. The van der Waals surface area contributed by atoms with Gasteiger partial charge in [-0.25, -0.2) is 0 Å². The Morgan fingerprint density at radius 2 is 2.22 bits per heavy atom. The van der Waals surface area contributed by atoms with Crippen LogP contribution in [0.5, 0.6) is 0 Å². The number of guanidine groups is 1. The highest BCUT2D eigenvalue weighted by molar-refractivity contribution is 14.0. The predicted octanol–water partition coefficient (Wildman–Crippen LogP) is 1.52. The minimum atomic E-state index is 0. The van der Waals surface area contributed by atoms with Gasteiger partial charge in [0.1, 0.15) is 0 Å². The molecule has 1 atom stereocenters. The van der Waals surface area contributed by atoms with Gasteiger partial charge in [0, 0.05) is 17.8 Å². The smallest absolute Gasteiger partial charge is 0.188 e. The largest absolute Gasteiger partial charge is 0.370 e. The van der Waals surface area contributed by atoms with Crippen LogP contribution in [0.25, 0.3) is 0 Å². The number of aliphatic imine (C=N–C) groups is 1. The Bertz CT molecular complexity index is 298. The normalized spacial score (nSPS) is 23.9. The summed E-state index contributed by atoms with van der Waals surface area (Å²) < 4.78 is 0. The van der Waals surface area contributed by atoms with Crippen LogP contribution in [0.15, 0.2) is 17.1 Å². The van der Waals surface area contributed by atoms with E-state index in [-0.39, 0.29) is 29.5 Å². The van der Waals surface area contributed by atoms with Crippen LogP contribution in [0.2, 0.25) is 0 Å². The molecule has 0 aromatic carbocycles. The molecule has 1 rings (SSSR count). The lowest BCUT2D eigenvalue weighted by molar-refractivity contribution is 0.190. The molecule has 3 N–H and O–H groups in total. The Morgan fingerprint density at radius 1 is 1.56 bits per heavy atom. The Balaban J connectivity index is 0.00000289. The van der Waals surface area contributed by atoms with Gasteiger partial charge < -0.3 is 16.0 Å². The maximum atomic E-state index is 5.83. The zero-order chi connectivity index (χ0) is 12.9. The Kier molecular flexibility index (Phi) is 8.29. The van der Waals surface area contributed by atoms with E-state index in [2.05, 4.69) is 35.9 Å². The molecular formula is C12H25IN4S. The second-order valence-electron chi connectivity index (χ2n) is 4.93. The fourth-order valence-electron chi connectivity index (χ4n) is 1.74. The summed E-state index contributed by atoms with van der Waals surface area (Å²) in [5.41, 5.74) is 7.07. The van der Waals surface area contributed by atoms with Gasteiger partial charge in [0.2, 0.25) is 0 Å². The molecule has 0 aliphatic carbocycles. The number of hydrogen-bond acceptors (Lipinski definition) is 3. The number of likely N-dealkylation sites (N-methyl/N-ethyl adjacent to an activating group) is 1. The zero-order valence-corrected chi connectivity index (χ0v) is 14.7. The van der Waals surface area contributed by atoms with Gasteiger partial charge in [-0.2, -0.15) is 11.8 Å². The molecule has 0 aromatic rings. The van der Waals surface area contributed by atoms with Gasteiger partial charge in [-0.15, -0.1) is 24.0 Å². The third-order valence-corrected chi connectivity index (χ3v) is 4.38. The van der Waals surface area contributed by atoms with Crippen LogP contribution in [0.3, 0.4) is 0 Å². The van der Waals surface area contributed by atoms with Gasteiger partial charge in [-0.05, 0) is 33.2 Å². The zero-order valence-electron chi connectivity index (χ0n) is 11.5. The fourth-order valence-corrected chi connectivity index (χ4v) is 3.29. The number of hydrogen-bond donors (Lipinski definition) is 2. The van der Waals surface area contributed by atoms with Gasteiger partial charge in [-0.1, -0.05) is 12.2 Å². The van der Waals surface area contributed by atoms with Crippen molar-refractivity contribution in [2.24, 2.45) is 10.7 Å². The molecule has 1 heterocycles. The number of nitrogens with zero attached hydrogens (tertiary/aromatic N) is 2. The molecule has 4 nitrogen and oxygen atoms in total. The minimum absolute atomic E-state index is 0. The number of rotatable bonds is 5. The second kappa shape index (κ2) is 8.27. The van der Waals surface area contributed by atoms with E-state index in [4.69, 9.17) is 5.73 Å². The van der Waals surface area contributed by atoms with Crippen molar-refractivity contribution in [3.63, 3.8) is 0 Å². The molecular weight excluding hydrogens is 359 g/mol.